The first-order valence-electron chi connectivity index (χ1n) is 10.8. The number of amides is 1. The SMILES string of the molecule is CCC(C(=O)N1N=C(c2cc(F)ccc2F)CC1(C)c1ccccc1)N1CCNCC1. The molecule has 0 radical (unpaired) electrons. The van der Waals surface area contributed by atoms with Gasteiger partial charge < -0.3 is 5.32 Å². The lowest BCUT2D eigenvalue weighted by Crippen LogP contribution is -2.55. The number of nitrogens with zero attached hydrogens (tertiary/aromatic N) is 3. The monoisotopic (exact) mass is 426 g/mol. The summed E-state index contributed by atoms with van der Waals surface area (Å²) in [6.07, 6.45) is 0.959. The van der Waals surface area contributed by atoms with E-state index in [1.165, 1.54) is 5.01 Å². The summed E-state index contributed by atoms with van der Waals surface area (Å²) in [4.78, 5) is 16.0. The van der Waals surface area contributed by atoms with Crippen LogP contribution in [0.15, 0.2) is 53.6 Å². The van der Waals surface area contributed by atoms with Crippen LogP contribution in [-0.4, -0.2) is 53.7 Å². The van der Waals surface area contributed by atoms with Crippen molar-refractivity contribution < 1.29 is 13.6 Å². The average molecular weight is 427 g/mol. The lowest BCUT2D eigenvalue weighted by Gasteiger charge is -2.39. The van der Waals surface area contributed by atoms with E-state index in [4.69, 9.17) is 0 Å². The number of nitrogens with one attached hydrogen (secondary N) is 1. The van der Waals surface area contributed by atoms with Crippen molar-refractivity contribution in [2.24, 2.45) is 5.10 Å². The smallest absolute Gasteiger partial charge is 0.260 e. The van der Waals surface area contributed by atoms with Gasteiger partial charge in [-0.05, 0) is 37.1 Å². The predicted octanol–water partition coefficient (Wildman–Crippen LogP) is 3.50. The van der Waals surface area contributed by atoms with Crippen LogP contribution < -0.4 is 5.32 Å². The van der Waals surface area contributed by atoms with Gasteiger partial charge in [-0.25, -0.2) is 13.8 Å². The minimum Gasteiger partial charge on any atom is -0.314 e. The Labute approximate surface area is 181 Å². The van der Waals surface area contributed by atoms with Crippen molar-refractivity contribution in [3.05, 3.63) is 71.3 Å². The number of hydrazone groups is 1. The molecule has 164 valence electrons. The van der Waals surface area contributed by atoms with Gasteiger partial charge in [-0.1, -0.05) is 37.3 Å². The van der Waals surface area contributed by atoms with Gasteiger partial charge in [0.15, 0.2) is 0 Å². The van der Waals surface area contributed by atoms with E-state index in [9.17, 15) is 13.6 Å². The number of rotatable bonds is 5. The molecule has 4 rings (SSSR count). The Hall–Kier alpha value is -2.64. The molecule has 2 atom stereocenters. The zero-order chi connectivity index (χ0) is 22.0. The minimum absolute atomic E-state index is 0.104. The molecule has 0 aromatic heterocycles. The number of carbonyl (C=O) groups excluding carboxylic acids is 1. The second-order valence-corrected chi connectivity index (χ2v) is 8.35. The first-order chi connectivity index (χ1) is 14.9. The van der Waals surface area contributed by atoms with Crippen LogP contribution in [-0.2, 0) is 10.3 Å². The predicted molar refractivity (Wildman–Crippen MR) is 117 cm³/mol. The van der Waals surface area contributed by atoms with Gasteiger partial charge in [0.25, 0.3) is 5.91 Å². The van der Waals surface area contributed by atoms with Gasteiger partial charge in [0.05, 0.1) is 17.3 Å². The lowest BCUT2D eigenvalue weighted by molar-refractivity contribution is -0.142. The number of hydrogen-bond acceptors (Lipinski definition) is 4. The number of hydrogen-bond donors (Lipinski definition) is 1. The molecule has 0 saturated carbocycles. The quantitative estimate of drug-likeness (QED) is 0.796. The van der Waals surface area contributed by atoms with Crippen molar-refractivity contribution in [1.29, 1.82) is 0 Å². The normalized spacial score (nSPS) is 23.0. The molecule has 2 aromatic carbocycles. The third-order valence-electron chi connectivity index (χ3n) is 6.31. The van der Waals surface area contributed by atoms with Crippen LogP contribution in [0.2, 0.25) is 0 Å². The van der Waals surface area contributed by atoms with E-state index < -0.39 is 17.2 Å². The highest BCUT2D eigenvalue weighted by atomic mass is 19.1. The number of piperazine rings is 1. The van der Waals surface area contributed by atoms with Gasteiger partial charge in [-0.15, -0.1) is 0 Å². The molecule has 1 fully saturated rings. The summed E-state index contributed by atoms with van der Waals surface area (Å²) in [6, 6.07) is 12.7. The van der Waals surface area contributed by atoms with Gasteiger partial charge in [0.1, 0.15) is 11.6 Å². The minimum atomic E-state index is -0.784. The third-order valence-corrected chi connectivity index (χ3v) is 6.31. The van der Waals surface area contributed by atoms with Gasteiger partial charge >= 0.3 is 0 Å². The van der Waals surface area contributed by atoms with E-state index in [0.717, 1.165) is 49.9 Å². The zero-order valence-corrected chi connectivity index (χ0v) is 17.9. The highest BCUT2D eigenvalue weighted by Gasteiger charge is 2.46. The van der Waals surface area contributed by atoms with E-state index in [1.807, 2.05) is 44.2 Å². The van der Waals surface area contributed by atoms with Crippen LogP contribution in [0, 0.1) is 11.6 Å². The standard InChI is InChI=1S/C24H28F2N4O/c1-3-22(29-13-11-27-12-14-29)23(31)30-24(2,17-7-5-4-6-8-17)16-21(28-30)19-15-18(25)9-10-20(19)26/h4-10,15,22,27H,3,11-14,16H2,1-2H3. The highest BCUT2D eigenvalue weighted by Crippen LogP contribution is 2.40. The van der Waals surface area contributed by atoms with E-state index in [-0.39, 0.29) is 17.5 Å². The molecule has 2 aliphatic rings. The molecule has 1 saturated heterocycles. The van der Waals surface area contributed by atoms with E-state index in [1.54, 1.807) is 0 Å². The Bertz CT molecular complexity index is 975. The van der Waals surface area contributed by atoms with Gasteiger partial charge in [-0.3, -0.25) is 9.69 Å². The summed E-state index contributed by atoms with van der Waals surface area (Å²) < 4.78 is 28.4. The van der Waals surface area contributed by atoms with Gasteiger partial charge in [-0.2, -0.15) is 5.10 Å². The Kier molecular flexibility index (Phi) is 6.16. The summed E-state index contributed by atoms with van der Waals surface area (Å²) in [5.74, 6) is -1.18. The fourth-order valence-electron chi connectivity index (χ4n) is 4.57. The Balaban J connectivity index is 1.75. The molecule has 0 bridgehead atoms. The topological polar surface area (TPSA) is 47.9 Å². The average Bonchev–Trinajstić information content (AvgIpc) is 3.16. The maximum absolute atomic E-state index is 14.6. The summed E-state index contributed by atoms with van der Waals surface area (Å²) >= 11 is 0. The molecule has 2 aliphatic heterocycles. The van der Waals surface area contributed by atoms with Crippen molar-refractivity contribution in [1.82, 2.24) is 15.2 Å². The Morgan fingerprint density at radius 3 is 2.55 bits per heavy atom. The maximum atomic E-state index is 14.6. The second-order valence-electron chi connectivity index (χ2n) is 8.35. The summed E-state index contributed by atoms with van der Waals surface area (Å²) in [5.41, 5.74) is 0.613. The van der Waals surface area contributed by atoms with E-state index in [2.05, 4.69) is 15.3 Å². The van der Waals surface area contributed by atoms with Gasteiger partial charge in [0.2, 0.25) is 0 Å². The summed E-state index contributed by atoms with van der Waals surface area (Å²) in [7, 11) is 0. The molecular weight excluding hydrogens is 398 g/mol. The molecule has 1 amide bonds. The maximum Gasteiger partial charge on any atom is 0.260 e. The third kappa shape index (κ3) is 4.12. The molecule has 2 aromatic rings. The summed E-state index contributed by atoms with van der Waals surface area (Å²) in [6.45, 7) is 7.19. The second kappa shape index (κ2) is 8.85. The first kappa shape index (κ1) is 21.6. The largest absolute Gasteiger partial charge is 0.314 e. The van der Waals surface area contributed by atoms with Gasteiger partial charge in [0, 0.05) is 38.2 Å². The number of halogens is 2. The molecule has 1 N–H and O–H groups in total. The van der Waals surface area contributed by atoms with Crippen molar-refractivity contribution >= 4 is 11.6 Å². The van der Waals surface area contributed by atoms with Crippen LogP contribution >= 0.6 is 0 Å². The molecule has 0 spiro atoms. The van der Waals surface area contributed by atoms with Crippen LogP contribution in [0.4, 0.5) is 8.78 Å². The fraction of sp³-hybridized carbons (Fsp3) is 0.417. The number of carbonyl (C=O) groups is 1. The molecule has 31 heavy (non-hydrogen) atoms. The molecular formula is C24H28F2N4O. The molecule has 5 nitrogen and oxygen atoms in total. The Morgan fingerprint density at radius 2 is 1.87 bits per heavy atom. The van der Waals surface area contributed by atoms with Crippen LogP contribution in [0.5, 0.6) is 0 Å². The van der Waals surface area contributed by atoms with Crippen molar-refractivity contribution in [2.45, 2.75) is 38.3 Å². The molecule has 0 aliphatic carbocycles. The van der Waals surface area contributed by atoms with E-state index in [0.29, 0.717) is 18.6 Å². The zero-order valence-electron chi connectivity index (χ0n) is 17.9. The Morgan fingerprint density at radius 1 is 1.16 bits per heavy atom. The molecule has 2 heterocycles. The van der Waals surface area contributed by atoms with Crippen LogP contribution in [0.25, 0.3) is 0 Å². The highest BCUT2D eigenvalue weighted by molar-refractivity contribution is 6.04. The van der Waals surface area contributed by atoms with E-state index >= 15 is 0 Å². The van der Waals surface area contributed by atoms with Crippen LogP contribution in [0.1, 0.15) is 37.8 Å². The lowest BCUT2D eigenvalue weighted by atomic mass is 9.85. The summed E-state index contributed by atoms with van der Waals surface area (Å²) in [5, 5.41) is 9.43. The molecule has 2 unspecified atom stereocenters. The first-order valence-corrected chi connectivity index (χ1v) is 10.8. The molecule has 7 heteroatoms. The fourth-order valence-corrected chi connectivity index (χ4v) is 4.57. The number of benzene rings is 2. The van der Waals surface area contributed by atoms with Crippen molar-refractivity contribution in [3.63, 3.8) is 0 Å². The van der Waals surface area contributed by atoms with Crippen molar-refractivity contribution in [2.75, 3.05) is 26.2 Å². The van der Waals surface area contributed by atoms with Crippen LogP contribution in [0.3, 0.4) is 0 Å². The van der Waals surface area contributed by atoms with Crippen molar-refractivity contribution in [3.8, 4) is 0 Å².